The summed E-state index contributed by atoms with van der Waals surface area (Å²) < 4.78 is 28.4. The molecule has 2 rings (SSSR count). The number of hydrogen-bond donors (Lipinski definition) is 0. The summed E-state index contributed by atoms with van der Waals surface area (Å²) in [4.78, 5) is 4.37. The molecule has 0 aliphatic heterocycles. The number of aliphatic imine (C=N–C) groups is 1. The van der Waals surface area contributed by atoms with E-state index in [9.17, 15) is 8.78 Å². The van der Waals surface area contributed by atoms with Crippen LogP contribution in [-0.2, 0) is 6.42 Å². The van der Waals surface area contributed by atoms with Gasteiger partial charge in [0, 0.05) is 6.21 Å². The second-order valence-corrected chi connectivity index (χ2v) is 4.98. The predicted molar refractivity (Wildman–Crippen MR) is 85.4 cm³/mol. The summed E-state index contributed by atoms with van der Waals surface area (Å²) in [6.07, 6.45) is 5.17. The summed E-state index contributed by atoms with van der Waals surface area (Å²) in [7, 11) is 0. The molecule has 4 heteroatoms. The number of ether oxygens (including phenoxy) is 1. The van der Waals surface area contributed by atoms with E-state index in [2.05, 4.69) is 28.8 Å². The minimum absolute atomic E-state index is 0.146. The quantitative estimate of drug-likeness (QED) is 0.629. The van der Waals surface area contributed by atoms with Gasteiger partial charge in [0.25, 0.3) is 0 Å². The van der Waals surface area contributed by atoms with Gasteiger partial charge in [0.1, 0.15) is 5.75 Å². The second-order valence-electron chi connectivity index (χ2n) is 4.98. The number of nitrogens with zero attached hydrogens (tertiary/aromatic N) is 1. The number of unbranched alkanes of at least 4 members (excludes halogenated alkanes) is 1. The summed E-state index contributed by atoms with van der Waals surface area (Å²) in [5, 5.41) is 0. The monoisotopic (exact) mass is 303 g/mol. The van der Waals surface area contributed by atoms with Crippen molar-refractivity contribution in [1.82, 2.24) is 0 Å². The minimum Gasteiger partial charge on any atom is -0.435 e. The molecule has 2 nitrogen and oxygen atoms in total. The lowest BCUT2D eigenvalue weighted by Gasteiger charge is -2.03. The largest absolute Gasteiger partial charge is 0.435 e. The standard InChI is InChI=1S/C18H19F2NO/c1-2-3-4-14-5-9-16(10-6-14)21-13-15-7-11-17(12-8-15)22-18(19)20/h5-13,18H,2-4H2,1H3. The van der Waals surface area contributed by atoms with Gasteiger partial charge < -0.3 is 4.74 Å². The van der Waals surface area contributed by atoms with E-state index in [4.69, 9.17) is 0 Å². The third-order valence-electron chi connectivity index (χ3n) is 3.22. The molecule has 2 aromatic carbocycles. The summed E-state index contributed by atoms with van der Waals surface area (Å²) in [6.45, 7) is -0.623. The van der Waals surface area contributed by atoms with Gasteiger partial charge in [0.2, 0.25) is 0 Å². The van der Waals surface area contributed by atoms with Crippen LogP contribution in [0.2, 0.25) is 0 Å². The highest BCUT2D eigenvalue weighted by Gasteiger charge is 2.02. The lowest BCUT2D eigenvalue weighted by atomic mass is 10.1. The lowest BCUT2D eigenvalue weighted by Crippen LogP contribution is -2.01. The number of halogens is 2. The van der Waals surface area contributed by atoms with Crippen molar-refractivity contribution in [3.8, 4) is 5.75 Å². The fourth-order valence-corrected chi connectivity index (χ4v) is 2.01. The van der Waals surface area contributed by atoms with Crippen LogP contribution in [0.5, 0.6) is 5.75 Å². The Morgan fingerprint density at radius 3 is 2.32 bits per heavy atom. The zero-order chi connectivity index (χ0) is 15.8. The highest BCUT2D eigenvalue weighted by atomic mass is 19.3. The molecule has 2 aromatic rings. The summed E-state index contributed by atoms with van der Waals surface area (Å²) in [6, 6.07) is 14.5. The molecular formula is C18H19F2NO. The molecule has 0 N–H and O–H groups in total. The van der Waals surface area contributed by atoms with Crippen molar-refractivity contribution in [1.29, 1.82) is 0 Å². The van der Waals surface area contributed by atoms with E-state index in [-0.39, 0.29) is 5.75 Å². The topological polar surface area (TPSA) is 21.6 Å². The van der Waals surface area contributed by atoms with E-state index >= 15 is 0 Å². The zero-order valence-electron chi connectivity index (χ0n) is 12.5. The Hall–Kier alpha value is -2.23. The van der Waals surface area contributed by atoms with E-state index in [1.807, 2.05) is 12.1 Å². The molecule has 0 radical (unpaired) electrons. The maximum Gasteiger partial charge on any atom is 0.387 e. The lowest BCUT2D eigenvalue weighted by molar-refractivity contribution is -0.0498. The first-order valence-corrected chi connectivity index (χ1v) is 7.35. The van der Waals surface area contributed by atoms with Crippen LogP contribution in [0.15, 0.2) is 53.5 Å². The van der Waals surface area contributed by atoms with Gasteiger partial charge >= 0.3 is 6.61 Å². The van der Waals surface area contributed by atoms with Crippen molar-refractivity contribution >= 4 is 11.9 Å². The van der Waals surface area contributed by atoms with Crippen LogP contribution in [0.25, 0.3) is 0 Å². The summed E-state index contributed by atoms with van der Waals surface area (Å²) in [5.74, 6) is 0.146. The van der Waals surface area contributed by atoms with Crippen LogP contribution in [0.4, 0.5) is 14.5 Å². The number of benzene rings is 2. The Balaban J connectivity index is 1.96. The van der Waals surface area contributed by atoms with Gasteiger partial charge in [0.15, 0.2) is 0 Å². The maximum absolute atomic E-state index is 12.1. The molecular weight excluding hydrogens is 284 g/mol. The van der Waals surface area contributed by atoms with E-state index < -0.39 is 6.61 Å². The molecule has 22 heavy (non-hydrogen) atoms. The minimum atomic E-state index is -2.80. The fourth-order valence-electron chi connectivity index (χ4n) is 2.01. The average molecular weight is 303 g/mol. The van der Waals surface area contributed by atoms with E-state index in [0.717, 1.165) is 17.7 Å². The molecule has 0 saturated heterocycles. The van der Waals surface area contributed by atoms with Crippen molar-refractivity contribution in [2.24, 2.45) is 4.99 Å². The van der Waals surface area contributed by atoms with Crippen LogP contribution in [0.1, 0.15) is 30.9 Å². The fraction of sp³-hybridized carbons (Fsp3) is 0.278. The third kappa shape index (κ3) is 5.28. The van der Waals surface area contributed by atoms with Gasteiger partial charge in [-0.15, -0.1) is 0 Å². The van der Waals surface area contributed by atoms with Gasteiger partial charge in [-0.1, -0.05) is 25.5 Å². The van der Waals surface area contributed by atoms with Gasteiger partial charge in [-0.25, -0.2) is 0 Å². The van der Waals surface area contributed by atoms with Crippen molar-refractivity contribution in [3.05, 3.63) is 59.7 Å². The normalized spacial score (nSPS) is 11.3. The van der Waals surface area contributed by atoms with Crippen molar-refractivity contribution < 1.29 is 13.5 Å². The van der Waals surface area contributed by atoms with Crippen LogP contribution in [0, 0.1) is 0 Å². The Labute approximate surface area is 129 Å². The Bertz CT molecular complexity index is 591. The van der Waals surface area contributed by atoms with Gasteiger partial charge in [0.05, 0.1) is 5.69 Å². The molecule has 0 heterocycles. The number of rotatable bonds is 7. The molecule has 0 spiro atoms. The summed E-state index contributed by atoms with van der Waals surface area (Å²) in [5.41, 5.74) is 3.01. The molecule has 0 unspecified atom stereocenters. The van der Waals surface area contributed by atoms with Crippen LogP contribution < -0.4 is 4.74 Å². The Morgan fingerprint density at radius 1 is 1.05 bits per heavy atom. The Morgan fingerprint density at radius 2 is 1.73 bits per heavy atom. The van der Waals surface area contributed by atoms with Crippen molar-refractivity contribution in [3.63, 3.8) is 0 Å². The first-order valence-electron chi connectivity index (χ1n) is 7.35. The van der Waals surface area contributed by atoms with Gasteiger partial charge in [-0.3, -0.25) is 4.99 Å². The van der Waals surface area contributed by atoms with E-state index in [0.29, 0.717) is 0 Å². The molecule has 0 amide bonds. The van der Waals surface area contributed by atoms with E-state index in [1.54, 1.807) is 18.3 Å². The molecule has 0 fully saturated rings. The highest BCUT2D eigenvalue weighted by molar-refractivity contribution is 5.82. The smallest absolute Gasteiger partial charge is 0.387 e. The number of alkyl halides is 2. The van der Waals surface area contributed by atoms with Crippen LogP contribution >= 0.6 is 0 Å². The molecule has 0 aliphatic rings. The highest BCUT2D eigenvalue weighted by Crippen LogP contribution is 2.17. The van der Waals surface area contributed by atoms with Crippen LogP contribution in [0.3, 0.4) is 0 Å². The maximum atomic E-state index is 12.1. The van der Waals surface area contributed by atoms with E-state index in [1.165, 1.54) is 30.5 Å². The SMILES string of the molecule is CCCCc1ccc(N=Cc2ccc(OC(F)F)cc2)cc1. The predicted octanol–water partition coefficient (Wildman–Crippen LogP) is 5.38. The molecule has 0 aromatic heterocycles. The van der Waals surface area contributed by atoms with Crippen molar-refractivity contribution in [2.75, 3.05) is 0 Å². The second kappa shape index (κ2) is 8.27. The zero-order valence-corrected chi connectivity index (χ0v) is 12.5. The molecule has 0 saturated carbocycles. The molecule has 0 bridgehead atoms. The molecule has 0 atom stereocenters. The number of aryl methyl sites for hydroxylation is 1. The average Bonchev–Trinajstić information content (AvgIpc) is 2.53. The molecule has 116 valence electrons. The molecule has 0 aliphatic carbocycles. The number of hydrogen-bond acceptors (Lipinski definition) is 2. The first-order chi connectivity index (χ1) is 10.7. The van der Waals surface area contributed by atoms with Crippen molar-refractivity contribution in [2.45, 2.75) is 32.8 Å². The van der Waals surface area contributed by atoms with Gasteiger partial charge in [-0.2, -0.15) is 8.78 Å². The Kier molecular flexibility index (Phi) is 6.07. The first kappa shape index (κ1) is 16.1. The summed E-state index contributed by atoms with van der Waals surface area (Å²) >= 11 is 0. The third-order valence-corrected chi connectivity index (χ3v) is 3.22. The van der Waals surface area contributed by atoms with Gasteiger partial charge in [-0.05, 0) is 60.4 Å². The van der Waals surface area contributed by atoms with Crippen LogP contribution in [-0.4, -0.2) is 12.8 Å².